The van der Waals surface area contributed by atoms with Gasteiger partial charge in [-0.3, -0.25) is 14.6 Å². The largest absolute Gasteiger partial charge is 0.477 e. The lowest BCUT2D eigenvalue weighted by molar-refractivity contribution is -0.115. The second kappa shape index (κ2) is 8.27. The van der Waals surface area contributed by atoms with Gasteiger partial charge in [-0.05, 0) is 38.1 Å². The van der Waals surface area contributed by atoms with E-state index in [9.17, 15) is 9.59 Å². The van der Waals surface area contributed by atoms with Crippen LogP contribution in [-0.2, 0) is 4.79 Å². The number of anilines is 1. The highest BCUT2D eigenvalue weighted by atomic mass is 16.5. The van der Waals surface area contributed by atoms with Crippen molar-refractivity contribution < 1.29 is 14.3 Å². The number of rotatable bonds is 6. The number of para-hydroxylation sites is 1. The number of amides is 2. The molecule has 7 nitrogen and oxygen atoms in total. The van der Waals surface area contributed by atoms with Gasteiger partial charge in [0, 0.05) is 17.3 Å². The molecule has 2 aromatic heterocycles. The van der Waals surface area contributed by atoms with Gasteiger partial charge in [-0.15, -0.1) is 0 Å². The van der Waals surface area contributed by atoms with E-state index >= 15 is 0 Å². The van der Waals surface area contributed by atoms with E-state index in [1.807, 2.05) is 38.1 Å². The number of nitrogens with zero attached hydrogens (tertiary/aromatic N) is 2. The molecule has 3 rings (SSSR count). The van der Waals surface area contributed by atoms with Gasteiger partial charge in [0.2, 0.25) is 11.8 Å². The summed E-state index contributed by atoms with van der Waals surface area (Å²) in [6.07, 6.45) is 1.67. The van der Waals surface area contributed by atoms with Crippen LogP contribution in [0, 0.1) is 6.92 Å². The maximum absolute atomic E-state index is 12.4. The number of nitrogens with one attached hydrogen (secondary N) is 2. The molecular weight excluding hydrogens is 344 g/mol. The third kappa shape index (κ3) is 4.38. The Morgan fingerprint density at radius 1 is 1.11 bits per heavy atom. The molecular formula is C20H20N4O3. The van der Waals surface area contributed by atoms with E-state index in [4.69, 9.17) is 4.74 Å². The zero-order valence-electron chi connectivity index (χ0n) is 15.2. The van der Waals surface area contributed by atoms with Crippen molar-refractivity contribution in [3.8, 4) is 5.88 Å². The van der Waals surface area contributed by atoms with Crippen molar-refractivity contribution in [1.82, 2.24) is 15.3 Å². The van der Waals surface area contributed by atoms with Crippen LogP contribution in [0.5, 0.6) is 5.88 Å². The number of carbonyl (C=O) groups is 2. The van der Waals surface area contributed by atoms with E-state index in [2.05, 4.69) is 20.6 Å². The van der Waals surface area contributed by atoms with Crippen LogP contribution in [0.25, 0.3) is 10.9 Å². The minimum Gasteiger partial charge on any atom is -0.477 e. The Labute approximate surface area is 156 Å². The second-order valence-electron chi connectivity index (χ2n) is 5.85. The predicted molar refractivity (Wildman–Crippen MR) is 103 cm³/mol. The topological polar surface area (TPSA) is 93.2 Å². The third-order valence-corrected chi connectivity index (χ3v) is 3.84. The van der Waals surface area contributed by atoms with Crippen LogP contribution >= 0.6 is 0 Å². The molecule has 0 aliphatic heterocycles. The molecule has 2 heterocycles. The molecule has 27 heavy (non-hydrogen) atoms. The average molecular weight is 364 g/mol. The Bertz CT molecular complexity index is 983. The minimum atomic E-state index is -0.419. The number of fused-ring (bicyclic) bond motifs is 1. The first kappa shape index (κ1) is 18.3. The van der Waals surface area contributed by atoms with Gasteiger partial charge in [-0.2, -0.15) is 0 Å². The normalized spacial score (nSPS) is 10.4. The van der Waals surface area contributed by atoms with E-state index in [0.29, 0.717) is 23.4 Å². The van der Waals surface area contributed by atoms with Crippen LogP contribution in [0.15, 0.2) is 48.7 Å². The molecule has 1 aromatic carbocycles. The number of benzene rings is 1. The molecule has 138 valence electrons. The Hall–Kier alpha value is -3.48. The van der Waals surface area contributed by atoms with Crippen molar-refractivity contribution in [2.45, 2.75) is 13.8 Å². The molecule has 0 unspecified atom stereocenters. The number of ether oxygens (including phenoxy) is 1. The molecule has 2 amide bonds. The summed E-state index contributed by atoms with van der Waals surface area (Å²) in [6, 6.07) is 12.6. The molecule has 2 N–H and O–H groups in total. The summed E-state index contributed by atoms with van der Waals surface area (Å²) in [5, 5.41) is 6.29. The summed E-state index contributed by atoms with van der Waals surface area (Å²) in [5.74, 6) is -0.509. The summed E-state index contributed by atoms with van der Waals surface area (Å²) in [5.41, 5.74) is 2.33. The molecule has 3 aromatic rings. The first-order valence-electron chi connectivity index (χ1n) is 8.60. The Balaban J connectivity index is 1.66. The Morgan fingerprint density at radius 2 is 1.93 bits per heavy atom. The molecule has 0 bridgehead atoms. The molecule has 0 aliphatic carbocycles. The number of carbonyl (C=O) groups excluding carboxylic acids is 2. The van der Waals surface area contributed by atoms with Gasteiger partial charge in [0.25, 0.3) is 5.91 Å². The molecule has 7 heteroatoms. The zero-order chi connectivity index (χ0) is 19.2. The van der Waals surface area contributed by atoms with E-state index in [0.717, 1.165) is 11.1 Å². The van der Waals surface area contributed by atoms with Crippen molar-refractivity contribution in [2.75, 3.05) is 18.5 Å². The van der Waals surface area contributed by atoms with Crippen LogP contribution in [-0.4, -0.2) is 34.9 Å². The smallest absolute Gasteiger partial charge is 0.257 e. The fourth-order valence-electron chi connectivity index (χ4n) is 2.61. The SMILES string of the molecule is CCOc1nc(C)ccc1C(=O)NCC(=O)Nc1cccc2cccnc12. The first-order valence-corrected chi connectivity index (χ1v) is 8.60. The standard InChI is InChI=1S/C20H20N4O3/c1-3-27-20-15(10-9-13(2)23-20)19(26)22-12-17(25)24-16-8-4-6-14-7-5-11-21-18(14)16/h4-11H,3,12H2,1-2H3,(H,22,26)(H,24,25). The maximum atomic E-state index is 12.4. The number of hydrogen-bond acceptors (Lipinski definition) is 5. The van der Waals surface area contributed by atoms with Crippen LogP contribution in [0.2, 0.25) is 0 Å². The second-order valence-corrected chi connectivity index (χ2v) is 5.85. The van der Waals surface area contributed by atoms with E-state index < -0.39 is 5.91 Å². The first-order chi connectivity index (χ1) is 13.1. The van der Waals surface area contributed by atoms with Gasteiger partial charge in [-0.1, -0.05) is 18.2 Å². The van der Waals surface area contributed by atoms with Crippen molar-refractivity contribution in [3.63, 3.8) is 0 Å². The number of aryl methyl sites for hydroxylation is 1. The fraction of sp³-hybridized carbons (Fsp3) is 0.200. The van der Waals surface area contributed by atoms with Crippen LogP contribution < -0.4 is 15.4 Å². The molecule has 0 spiro atoms. The van der Waals surface area contributed by atoms with Gasteiger partial charge < -0.3 is 15.4 Å². The Kier molecular flexibility index (Phi) is 5.61. The lowest BCUT2D eigenvalue weighted by atomic mass is 10.2. The van der Waals surface area contributed by atoms with Crippen LogP contribution in [0.4, 0.5) is 5.69 Å². The van der Waals surface area contributed by atoms with Gasteiger partial charge in [0.1, 0.15) is 5.56 Å². The van der Waals surface area contributed by atoms with E-state index in [1.54, 1.807) is 24.4 Å². The highest BCUT2D eigenvalue weighted by Crippen LogP contribution is 2.20. The molecule has 0 saturated heterocycles. The summed E-state index contributed by atoms with van der Waals surface area (Å²) >= 11 is 0. The third-order valence-electron chi connectivity index (χ3n) is 3.84. The maximum Gasteiger partial charge on any atom is 0.257 e. The minimum absolute atomic E-state index is 0.179. The number of aromatic nitrogens is 2. The molecule has 0 aliphatic rings. The highest BCUT2D eigenvalue weighted by molar-refractivity contribution is 6.03. The van der Waals surface area contributed by atoms with Crippen molar-refractivity contribution >= 4 is 28.4 Å². The highest BCUT2D eigenvalue weighted by Gasteiger charge is 2.15. The van der Waals surface area contributed by atoms with Crippen molar-refractivity contribution in [1.29, 1.82) is 0 Å². The number of pyridine rings is 2. The molecule has 0 saturated carbocycles. The quantitative estimate of drug-likeness (QED) is 0.701. The van der Waals surface area contributed by atoms with E-state index in [1.165, 1.54) is 0 Å². The van der Waals surface area contributed by atoms with Gasteiger partial charge in [0.05, 0.1) is 24.4 Å². The molecule has 0 radical (unpaired) electrons. The van der Waals surface area contributed by atoms with Crippen molar-refractivity contribution in [2.24, 2.45) is 0 Å². The molecule has 0 atom stereocenters. The van der Waals surface area contributed by atoms with Crippen LogP contribution in [0.3, 0.4) is 0 Å². The van der Waals surface area contributed by atoms with Gasteiger partial charge >= 0.3 is 0 Å². The van der Waals surface area contributed by atoms with Gasteiger partial charge in [0.15, 0.2) is 0 Å². The van der Waals surface area contributed by atoms with Crippen molar-refractivity contribution in [3.05, 3.63) is 59.9 Å². The zero-order valence-corrected chi connectivity index (χ0v) is 15.2. The fourth-order valence-corrected chi connectivity index (χ4v) is 2.61. The van der Waals surface area contributed by atoms with Gasteiger partial charge in [-0.25, -0.2) is 4.98 Å². The monoisotopic (exact) mass is 364 g/mol. The lowest BCUT2D eigenvalue weighted by Gasteiger charge is -2.11. The summed E-state index contributed by atoms with van der Waals surface area (Å²) in [4.78, 5) is 33.2. The average Bonchev–Trinajstić information content (AvgIpc) is 2.67. The number of hydrogen-bond donors (Lipinski definition) is 2. The Morgan fingerprint density at radius 3 is 2.74 bits per heavy atom. The van der Waals surface area contributed by atoms with Crippen LogP contribution in [0.1, 0.15) is 23.0 Å². The van der Waals surface area contributed by atoms with E-state index in [-0.39, 0.29) is 18.3 Å². The lowest BCUT2D eigenvalue weighted by Crippen LogP contribution is -2.33. The predicted octanol–water partition coefficient (Wildman–Crippen LogP) is 2.71. The summed E-state index contributed by atoms with van der Waals surface area (Å²) < 4.78 is 5.41. The summed E-state index contributed by atoms with van der Waals surface area (Å²) in [7, 11) is 0. The molecule has 0 fully saturated rings. The summed E-state index contributed by atoms with van der Waals surface area (Å²) in [6.45, 7) is 3.85.